The predicted molar refractivity (Wildman–Crippen MR) is 75.2 cm³/mol. The van der Waals surface area contributed by atoms with Crippen molar-refractivity contribution in [1.29, 1.82) is 0 Å². The first-order chi connectivity index (χ1) is 10.1. The van der Waals surface area contributed by atoms with Gasteiger partial charge in [-0.15, -0.1) is 0 Å². The molecule has 4 heteroatoms. The third kappa shape index (κ3) is 1.97. The van der Waals surface area contributed by atoms with E-state index in [0.29, 0.717) is 6.61 Å². The van der Waals surface area contributed by atoms with Crippen molar-refractivity contribution in [3.8, 4) is 0 Å². The maximum atomic E-state index is 11.3. The number of benzene rings is 1. The van der Waals surface area contributed by atoms with Crippen molar-refractivity contribution in [1.82, 2.24) is 0 Å². The highest BCUT2D eigenvalue weighted by Crippen LogP contribution is 2.67. The van der Waals surface area contributed by atoms with Gasteiger partial charge in [0.25, 0.3) is 0 Å². The monoisotopic (exact) mass is 288 g/mol. The van der Waals surface area contributed by atoms with E-state index in [1.807, 2.05) is 30.3 Å². The summed E-state index contributed by atoms with van der Waals surface area (Å²) < 4.78 is 18.0. The zero-order valence-electron chi connectivity index (χ0n) is 12.3. The zero-order chi connectivity index (χ0) is 14.7. The van der Waals surface area contributed by atoms with Crippen molar-refractivity contribution in [3.05, 3.63) is 35.9 Å². The summed E-state index contributed by atoms with van der Waals surface area (Å²) in [6.07, 6.45) is 1.68. The van der Waals surface area contributed by atoms with Gasteiger partial charge in [0.05, 0.1) is 18.1 Å². The molecule has 1 aromatic carbocycles. The summed E-state index contributed by atoms with van der Waals surface area (Å²) in [4.78, 5) is 11.3. The second-order valence-electron chi connectivity index (χ2n) is 6.92. The highest BCUT2D eigenvalue weighted by Gasteiger charge is 2.79. The molecule has 1 saturated carbocycles. The van der Waals surface area contributed by atoms with Crippen LogP contribution in [0.4, 0.5) is 0 Å². The van der Waals surface area contributed by atoms with Crippen molar-refractivity contribution in [3.63, 3.8) is 0 Å². The standard InChI is InChI=1S/C17H20O4/c1-16(2)8-12-14-13(9-18)17(14,21-15(12)20-16)19-10-11-6-4-3-5-7-11/h3-7,9,12-15H,8,10H2,1-2H3/t12?,13-,14?,15+,17?/m1/s1. The van der Waals surface area contributed by atoms with Crippen molar-refractivity contribution in [2.24, 2.45) is 17.8 Å². The number of hydrogen-bond acceptors (Lipinski definition) is 4. The Kier molecular flexibility index (Phi) is 2.80. The van der Waals surface area contributed by atoms with Gasteiger partial charge in [-0.05, 0) is 25.8 Å². The van der Waals surface area contributed by atoms with Gasteiger partial charge in [-0.1, -0.05) is 30.3 Å². The third-order valence-electron chi connectivity index (χ3n) is 4.93. The summed E-state index contributed by atoms with van der Waals surface area (Å²) >= 11 is 0. The van der Waals surface area contributed by atoms with Gasteiger partial charge >= 0.3 is 0 Å². The quantitative estimate of drug-likeness (QED) is 0.799. The van der Waals surface area contributed by atoms with E-state index in [1.54, 1.807) is 0 Å². The lowest BCUT2D eigenvalue weighted by molar-refractivity contribution is -0.258. The van der Waals surface area contributed by atoms with E-state index >= 15 is 0 Å². The molecule has 2 saturated heterocycles. The van der Waals surface area contributed by atoms with Crippen LogP contribution in [-0.4, -0.2) is 24.0 Å². The predicted octanol–water partition coefficient (Wildman–Crippen LogP) is 2.52. The van der Waals surface area contributed by atoms with Crippen LogP contribution in [0.2, 0.25) is 0 Å². The van der Waals surface area contributed by atoms with Crippen LogP contribution in [0.15, 0.2) is 30.3 Å². The highest BCUT2D eigenvalue weighted by atomic mass is 16.8. The molecule has 0 bridgehead atoms. The molecular formula is C17H20O4. The summed E-state index contributed by atoms with van der Waals surface area (Å²) in [5, 5.41) is 0. The van der Waals surface area contributed by atoms with E-state index in [9.17, 15) is 4.79 Å². The van der Waals surface area contributed by atoms with E-state index in [-0.39, 0.29) is 29.6 Å². The first-order valence-corrected chi connectivity index (χ1v) is 7.54. The SMILES string of the molecule is CC1(C)CC2C3[C@@H](C=O)C3(OCc3ccccc3)O[C@@H]2O1. The Morgan fingerprint density at radius 1 is 1.29 bits per heavy atom. The van der Waals surface area contributed by atoms with Crippen molar-refractivity contribution >= 4 is 6.29 Å². The summed E-state index contributed by atoms with van der Waals surface area (Å²) in [5.41, 5.74) is 0.917. The van der Waals surface area contributed by atoms with Gasteiger partial charge in [0.2, 0.25) is 0 Å². The van der Waals surface area contributed by atoms with Crippen molar-refractivity contribution < 1.29 is 19.0 Å². The van der Waals surface area contributed by atoms with Gasteiger partial charge in [-0.3, -0.25) is 0 Å². The van der Waals surface area contributed by atoms with Gasteiger partial charge in [0.1, 0.15) is 6.29 Å². The number of aldehydes is 1. The Morgan fingerprint density at radius 2 is 2.05 bits per heavy atom. The lowest BCUT2D eigenvalue weighted by Crippen LogP contribution is -2.29. The van der Waals surface area contributed by atoms with Gasteiger partial charge in [0.15, 0.2) is 12.1 Å². The number of fused-ring (bicyclic) bond motifs is 3. The molecular weight excluding hydrogens is 268 g/mol. The molecule has 2 heterocycles. The maximum Gasteiger partial charge on any atom is 0.185 e. The van der Waals surface area contributed by atoms with E-state index < -0.39 is 5.79 Å². The first-order valence-electron chi connectivity index (χ1n) is 7.54. The van der Waals surface area contributed by atoms with Crippen LogP contribution in [0.3, 0.4) is 0 Å². The van der Waals surface area contributed by atoms with Crippen LogP contribution < -0.4 is 0 Å². The zero-order valence-corrected chi connectivity index (χ0v) is 12.3. The lowest BCUT2D eigenvalue weighted by atomic mass is 9.93. The molecule has 4 rings (SSSR count). The Labute approximate surface area is 124 Å². The average molecular weight is 288 g/mol. The minimum absolute atomic E-state index is 0.144. The fraction of sp³-hybridized carbons (Fsp3) is 0.588. The minimum atomic E-state index is -0.747. The minimum Gasteiger partial charge on any atom is -0.346 e. The number of hydrogen-bond donors (Lipinski definition) is 0. The Balaban J connectivity index is 1.49. The molecule has 0 amide bonds. The molecule has 1 aromatic rings. The van der Waals surface area contributed by atoms with Crippen molar-refractivity contribution in [2.45, 2.75) is 44.6 Å². The fourth-order valence-electron chi connectivity index (χ4n) is 3.99. The average Bonchev–Trinajstić information content (AvgIpc) is 2.83. The second-order valence-corrected chi connectivity index (χ2v) is 6.92. The maximum absolute atomic E-state index is 11.3. The van der Waals surface area contributed by atoms with Crippen molar-refractivity contribution in [2.75, 3.05) is 0 Å². The molecule has 0 spiro atoms. The van der Waals surface area contributed by atoms with Crippen LogP contribution in [0.1, 0.15) is 25.8 Å². The molecule has 0 N–H and O–H groups in total. The van der Waals surface area contributed by atoms with Crippen LogP contribution in [0.5, 0.6) is 0 Å². The van der Waals surface area contributed by atoms with Gasteiger partial charge in [-0.2, -0.15) is 0 Å². The number of rotatable bonds is 4. The van der Waals surface area contributed by atoms with Crippen LogP contribution in [-0.2, 0) is 25.6 Å². The molecule has 112 valence electrons. The molecule has 21 heavy (non-hydrogen) atoms. The normalized spacial score (nSPS) is 42.4. The number of carbonyl (C=O) groups excluding carboxylic acids is 1. The van der Waals surface area contributed by atoms with E-state index in [2.05, 4.69) is 13.8 Å². The van der Waals surface area contributed by atoms with E-state index in [0.717, 1.165) is 18.3 Å². The van der Waals surface area contributed by atoms with Gasteiger partial charge in [-0.25, -0.2) is 0 Å². The number of carbonyl (C=O) groups is 1. The van der Waals surface area contributed by atoms with Crippen LogP contribution in [0.25, 0.3) is 0 Å². The fourth-order valence-corrected chi connectivity index (χ4v) is 3.99. The second kappa shape index (κ2) is 4.38. The largest absolute Gasteiger partial charge is 0.346 e. The van der Waals surface area contributed by atoms with Gasteiger partial charge < -0.3 is 19.0 Å². The summed E-state index contributed by atoms with van der Waals surface area (Å²) in [6, 6.07) is 9.96. The summed E-state index contributed by atoms with van der Waals surface area (Å²) in [6.45, 7) is 4.60. The topological polar surface area (TPSA) is 44.8 Å². The lowest BCUT2D eigenvalue weighted by Gasteiger charge is -2.23. The van der Waals surface area contributed by atoms with Crippen LogP contribution >= 0.6 is 0 Å². The summed E-state index contributed by atoms with van der Waals surface area (Å²) in [7, 11) is 0. The molecule has 4 nitrogen and oxygen atoms in total. The van der Waals surface area contributed by atoms with E-state index in [1.165, 1.54) is 0 Å². The van der Waals surface area contributed by atoms with Gasteiger partial charge in [0, 0.05) is 11.8 Å². The Bertz CT molecular complexity index is 555. The molecule has 3 fully saturated rings. The third-order valence-corrected chi connectivity index (χ3v) is 4.93. The summed E-state index contributed by atoms with van der Waals surface area (Å²) in [5.74, 6) is -0.486. The molecule has 1 aliphatic carbocycles. The first kappa shape index (κ1) is 13.4. The number of ether oxygens (including phenoxy) is 3. The molecule has 3 unspecified atom stereocenters. The Morgan fingerprint density at radius 3 is 2.76 bits per heavy atom. The van der Waals surface area contributed by atoms with Crippen LogP contribution in [0, 0.1) is 17.8 Å². The molecule has 3 aliphatic rings. The Hall–Kier alpha value is -1.23. The molecule has 0 radical (unpaired) electrons. The highest BCUT2D eigenvalue weighted by molar-refractivity contribution is 5.63. The molecule has 5 atom stereocenters. The smallest absolute Gasteiger partial charge is 0.185 e. The molecule has 2 aliphatic heterocycles. The van der Waals surface area contributed by atoms with E-state index in [4.69, 9.17) is 14.2 Å². The molecule has 0 aromatic heterocycles.